The zero-order chi connectivity index (χ0) is 15.3. The van der Waals surface area contributed by atoms with E-state index < -0.39 is 0 Å². The lowest BCUT2D eigenvalue weighted by molar-refractivity contribution is 0.154. The molecule has 0 unspecified atom stereocenters. The lowest BCUT2D eigenvalue weighted by atomic mass is 9.89. The van der Waals surface area contributed by atoms with Crippen molar-refractivity contribution in [2.45, 2.75) is 52.1 Å². The van der Waals surface area contributed by atoms with E-state index in [9.17, 15) is 5.11 Å². The number of hydrogen-bond donors (Lipinski definition) is 1. The van der Waals surface area contributed by atoms with Crippen LogP contribution in [-0.2, 0) is 12.8 Å². The molecule has 4 rings (SSSR count). The number of rotatable bonds is 1. The van der Waals surface area contributed by atoms with Crippen LogP contribution in [0.25, 0.3) is 10.2 Å². The molecule has 1 aliphatic carbocycles. The summed E-state index contributed by atoms with van der Waals surface area (Å²) in [6, 6.07) is 0. The van der Waals surface area contributed by atoms with Gasteiger partial charge in [0.2, 0.25) is 0 Å². The Morgan fingerprint density at radius 2 is 2.14 bits per heavy atom. The van der Waals surface area contributed by atoms with Gasteiger partial charge in [-0.2, -0.15) is 0 Å². The molecule has 1 N–H and O–H groups in total. The van der Waals surface area contributed by atoms with Crippen molar-refractivity contribution in [3.05, 3.63) is 16.3 Å². The van der Waals surface area contributed by atoms with E-state index in [4.69, 9.17) is 9.97 Å². The fourth-order valence-corrected chi connectivity index (χ4v) is 5.23. The molecule has 0 spiro atoms. The first kappa shape index (κ1) is 14.4. The minimum absolute atomic E-state index is 0.228. The van der Waals surface area contributed by atoms with E-state index in [0.717, 1.165) is 48.2 Å². The second-order valence-corrected chi connectivity index (χ2v) is 7.95. The second-order valence-electron chi connectivity index (χ2n) is 6.87. The maximum Gasteiger partial charge on any atom is 0.141 e. The summed E-state index contributed by atoms with van der Waals surface area (Å²) in [6.07, 6.45) is 5.30. The van der Waals surface area contributed by atoms with Crippen LogP contribution in [0.3, 0.4) is 0 Å². The van der Waals surface area contributed by atoms with E-state index in [1.165, 1.54) is 28.7 Å². The Balaban J connectivity index is 1.86. The highest BCUT2D eigenvalue weighted by atomic mass is 32.1. The molecule has 5 heteroatoms. The summed E-state index contributed by atoms with van der Waals surface area (Å²) in [5.41, 5.74) is 1.48. The van der Waals surface area contributed by atoms with Gasteiger partial charge in [0, 0.05) is 18.0 Å². The predicted octanol–water partition coefficient (Wildman–Crippen LogP) is 3.09. The van der Waals surface area contributed by atoms with Gasteiger partial charge >= 0.3 is 0 Å². The summed E-state index contributed by atoms with van der Waals surface area (Å²) in [4.78, 5) is 14.4. The van der Waals surface area contributed by atoms with Crippen LogP contribution in [0.5, 0.6) is 0 Å². The van der Waals surface area contributed by atoms with Gasteiger partial charge in [0.25, 0.3) is 0 Å². The SMILES string of the molecule is Cc1nc(N2CCC[C@H](O)C2)c2c3c(sc2n1)C[C@H](C)CC3. The third-order valence-corrected chi connectivity index (χ3v) is 6.09. The number of aryl methyl sites for hydroxylation is 2. The van der Waals surface area contributed by atoms with Crippen molar-refractivity contribution in [3.63, 3.8) is 0 Å². The average molecular weight is 317 g/mol. The summed E-state index contributed by atoms with van der Waals surface area (Å²) in [5, 5.41) is 11.3. The summed E-state index contributed by atoms with van der Waals surface area (Å²) >= 11 is 1.86. The molecule has 118 valence electrons. The fourth-order valence-electron chi connectivity index (χ4n) is 3.80. The second kappa shape index (κ2) is 5.46. The third kappa shape index (κ3) is 2.40. The van der Waals surface area contributed by atoms with Crippen molar-refractivity contribution in [2.75, 3.05) is 18.0 Å². The Bertz CT molecular complexity index is 711. The lowest BCUT2D eigenvalue weighted by Gasteiger charge is -2.32. The summed E-state index contributed by atoms with van der Waals surface area (Å²) in [6.45, 7) is 6.01. The first-order valence-electron chi connectivity index (χ1n) is 8.33. The largest absolute Gasteiger partial charge is 0.391 e. The number of fused-ring (bicyclic) bond motifs is 3. The number of β-amino-alcohol motifs (C(OH)–C–C–N with tert-alkyl or cyclic N) is 1. The monoisotopic (exact) mass is 317 g/mol. The van der Waals surface area contributed by atoms with Crippen LogP contribution in [0.1, 0.15) is 42.5 Å². The zero-order valence-corrected chi connectivity index (χ0v) is 14.1. The number of anilines is 1. The molecule has 1 aliphatic heterocycles. The topological polar surface area (TPSA) is 49.2 Å². The highest BCUT2D eigenvalue weighted by Gasteiger charge is 2.27. The first-order chi connectivity index (χ1) is 10.6. The molecule has 0 aromatic carbocycles. The minimum Gasteiger partial charge on any atom is -0.391 e. The van der Waals surface area contributed by atoms with E-state index in [1.54, 1.807) is 0 Å². The Kier molecular flexibility index (Phi) is 3.57. The molecule has 2 aromatic heterocycles. The lowest BCUT2D eigenvalue weighted by Crippen LogP contribution is -2.39. The normalized spacial score (nSPS) is 25.5. The summed E-state index contributed by atoms with van der Waals surface area (Å²) in [7, 11) is 0. The predicted molar refractivity (Wildman–Crippen MR) is 90.8 cm³/mol. The van der Waals surface area contributed by atoms with Crippen LogP contribution in [0, 0.1) is 12.8 Å². The Hall–Kier alpha value is -1.20. The zero-order valence-electron chi connectivity index (χ0n) is 13.3. The third-order valence-electron chi connectivity index (χ3n) is 4.94. The van der Waals surface area contributed by atoms with Gasteiger partial charge in [-0.25, -0.2) is 9.97 Å². The van der Waals surface area contributed by atoms with Crippen LogP contribution in [0.15, 0.2) is 0 Å². The first-order valence-corrected chi connectivity index (χ1v) is 9.15. The molecule has 1 saturated heterocycles. The van der Waals surface area contributed by atoms with Crippen LogP contribution in [0.2, 0.25) is 0 Å². The maximum atomic E-state index is 10.0. The van der Waals surface area contributed by atoms with Crippen molar-refractivity contribution in [1.82, 2.24) is 9.97 Å². The van der Waals surface area contributed by atoms with E-state index in [1.807, 2.05) is 18.3 Å². The van der Waals surface area contributed by atoms with Gasteiger partial charge in [0.05, 0.1) is 11.5 Å². The Labute approximate surface area is 135 Å². The van der Waals surface area contributed by atoms with Crippen molar-refractivity contribution in [1.29, 1.82) is 0 Å². The van der Waals surface area contributed by atoms with Gasteiger partial charge in [-0.3, -0.25) is 0 Å². The van der Waals surface area contributed by atoms with E-state index in [0.29, 0.717) is 6.54 Å². The van der Waals surface area contributed by atoms with Gasteiger partial charge in [0.1, 0.15) is 16.5 Å². The van der Waals surface area contributed by atoms with Crippen LogP contribution < -0.4 is 4.90 Å². The Morgan fingerprint density at radius 1 is 1.27 bits per heavy atom. The van der Waals surface area contributed by atoms with Crippen molar-refractivity contribution in [3.8, 4) is 0 Å². The number of thiophene rings is 1. The molecule has 0 saturated carbocycles. The van der Waals surface area contributed by atoms with Gasteiger partial charge < -0.3 is 10.0 Å². The minimum atomic E-state index is -0.228. The number of aliphatic hydroxyl groups is 1. The molecule has 4 nitrogen and oxygen atoms in total. The molecule has 0 bridgehead atoms. The summed E-state index contributed by atoms with van der Waals surface area (Å²) < 4.78 is 0. The number of piperidine rings is 1. The molecule has 1 fully saturated rings. The quantitative estimate of drug-likeness (QED) is 0.878. The Morgan fingerprint density at radius 3 is 2.95 bits per heavy atom. The molecule has 0 amide bonds. The maximum absolute atomic E-state index is 10.0. The van der Waals surface area contributed by atoms with Crippen molar-refractivity contribution < 1.29 is 5.11 Å². The van der Waals surface area contributed by atoms with Crippen LogP contribution in [0.4, 0.5) is 5.82 Å². The number of aromatic nitrogens is 2. The number of nitrogens with zero attached hydrogens (tertiary/aromatic N) is 3. The average Bonchev–Trinajstić information content (AvgIpc) is 2.83. The van der Waals surface area contributed by atoms with E-state index in [-0.39, 0.29) is 6.10 Å². The van der Waals surface area contributed by atoms with E-state index in [2.05, 4.69) is 11.8 Å². The standard InChI is InChI=1S/C17H23N3OS/c1-10-5-6-13-14(8-10)22-17-15(13)16(18-11(2)19-17)20-7-3-4-12(21)9-20/h10,12,21H,3-9H2,1-2H3/t10-,12+/m1/s1. The van der Waals surface area contributed by atoms with Crippen LogP contribution >= 0.6 is 11.3 Å². The van der Waals surface area contributed by atoms with Crippen molar-refractivity contribution in [2.24, 2.45) is 5.92 Å². The molecule has 2 aromatic rings. The molecule has 22 heavy (non-hydrogen) atoms. The van der Waals surface area contributed by atoms with E-state index >= 15 is 0 Å². The smallest absolute Gasteiger partial charge is 0.141 e. The highest BCUT2D eigenvalue weighted by Crippen LogP contribution is 2.41. The van der Waals surface area contributed by atoms with Crippen molar-refractivity contribution >= 4 is 27.4 Å². The summed E-state index contributed by atoms with van der Waals surface area (Å²) in [5.74, 6) is 2.68. The molecule has 2 atom stereocenters. The number of aliphatic hydroxyl groups excluding tert-OH is 1. The van der Waals surface area contributed by atoms with Gasteiger partial charge in [-0.05, 0) is 50.5 Å². The molecule has 2 aliphatic rings. The fraction of sp³-hybridized carbons (Fsp3) is 0.647. The molecular weight excluding hydrogens is 294 g/mol. The molecule has 3 heterocycles. The van der Waals surface area contributed by atoms with Gasteiger partial charge in [-0.15, -0.1) is 11.3 Å². The molecule has 0 radical (unpaired) electrons. The number of hydrogen-bond acceptors (Lipinski definition) is 5. The van der Waals surface area contributed by atoms with Gasteiger partial charge in [-0.1, -0.05) is 6.92 Å². The van der Waals surface area contributed by atoms with Gasteiger partial charge in [0.15, 0.2) is 0 Å². The molecular formula is C17H23N3OS. The highest BCUT2D eigenvalue weighted by molar-refractivity contribution is 7.19. The van der Waals surface area contributed by atoms with Crippen LogP contribution in [-0.4, -0.2) is 34.3 Å².